The summed E-state index contributed by atoms with van der Waals surface area (Å²) in [5, 5.41) is 0. The van der Waals surface area contributed by atoms with E-state index in [1.165, 1.54) is 12.8 Å². The summed E-state index contributed by atoms with van der Waals surface area (Å²) in [5.74, 6) is 1.13. The van der Waals surface area contributed by atoms with Crippen LogP contribution in [0, 0.1) is 0 Å². The zero-order valence-corrected chi connectivity index (χ0v) is 9.50. The van der Waals surface area contributed by atoms with Gasteiger partial charge in [-0.1, -0.05) is 13.8 Å². The van der Waals surface area contributed by atoms with E-state index < -0.39 is 0 Å². The van der Waals surface area contributed by atoms with Crippen LogP contribution in [0.2, 0.25) is 0 Å². The van der Waals surface area contributed by atoms with Crippen LogP contribution in [0.1, 0.15) is 49.9 Å². The van der Waals surface area contributed by atoms with Gasteiger partial charge >= 0.3 is 0 Å². The van der Waals surface area contributed by atoms with E-state index in [2.05, 4.69) is 39.7 Å². The monoisotopic (exact) mass is 240 g/mol. The van der Waals surface area contributed by atoms with Gasteiger partial charge in [0, 0.05) is 12.1 Å². The smallest absolute Gasteiger partial charge is 0.128 e. The Hall–Kier alpha value is -0.440. The average molecular weight is 241 g/mol. The summed E-state index contributed by atoms with van der Waals surface area (Å²) in [4.78, 5) is 8.94. The molecule has 0 aromatic carbocycles. The Balaban J connectivity index is 2.31. The number of nitrogens with zero attached hydrogens (tertiary/aromatic N) is 2. The van der Waals surface area contributed by atoms with E-state index >= 15 is 0 Å². The van der Waals surface area contributed by atoms with Crippen molar-refractivity contribution in [3.05, 3.63) is 22.2 Å². The lowest BCUT2D eigenvalue weighted by atomic mass is 10.1. The zero-order chi connectivity index (χ0) is 9.42. The average Bonchev–Trinajstić information content (AvgIpc) is 2.87. The van der Waals surface area contributed by atoms with Crippen molar-refractivity contribution >= 4 is 15.9 Å². The van der Waals surface area contributed by atoms with Crippen LogP contribution in [0.15, 0.2) is 10.8 Å². The molecular weight excluding hydrogens is 228 g/mol. The maximum atomic E-state index is 4.49. The first kappa shape index (κ1) is 9.13. The normalized spacial score (nSPS) is 16.6. The highest BCUT2D eigenvalue weighted by molar-refractivity contribution is 9.10. The van der Waals surface area contributed by atoms with Gasteiger partial charge in [-0.15, -0.1) is 0 Å². The summed E-state index contributed by atoms with van der Waals surface area (Å²) in [6, 6.07) is 0. The van der Waals surface area contributed by atoms with Gasteiger partial charge in [0.15, 0.2) is 0 Å². The molecule has 0 spiro atoms. The lowest BCUT2D eigenvalue weighted by molar-refractivity contribution is 0.792. The summed E-state index contributed by atoms with van der Waals surface area (Å²) < 4.78 is 0.946. The molecule has 1 aromatic rings. The number of rotatable bonds is 2. The molecular formula is C10H13BrN2. The van der Waals surface area contributed by atoms with Gasteiger partial charge in [-0.2, -0.15) is 0 Å². The van der Waals surface area contributed by atoms with E-state index in [0.29, 0.717) is 11.8 Å². The maximum Gasteiger partial charge on any atom is 0.128 e. The van der Waals surface area contributed by atoms with Crippen molar-refractivity contribution < 1.29 is 0 Å². The van der Waals surface area contributed by atoms with E-state index in [0.717, 1.165) is 16.0 Å². The molecule has 2 rings (SSSR count). The molecule has 0 unspecified atom stereocenters. The van der Waals surface area contributed by atoms with Crippen molar-refractivity contribution in [2.24, 2.45) is 0 Å². The fourth-order valence-electron chi connectivity index (χ4n) is 1.30. The third-order valence-corrected chi connectivity index (χ3v) is 2.91. The van der Waals surface area contributed by atoms with Crippen LogP contribution in [0.5, 0.6) is 0 Å². The summed E-state index contributed by atoms with van der Waals surface area (Å²) in [5.41, 5.74) is 2.21. The molecule has 1 fully saturated rings. The zero-order valence-electron chi connectivity index (χ0n) is 7.92. The summed E-state index contributed by atoms with van der Waals surface area (Å²) >= 11 is 3.48. The Bertz CT molecular complexity index is 319. The lowest BCUT2D eigenvalue weighted by Gasteiger charge is -2.06. The molecule has 0 saturated heterocycles. The predicted molar refractivity (Wildman–Crippen MR) is 55.8 cm³/mol. The second-order valence-corrected chi connectivity index (χ2v) is 4.65. The van der Waals surface area contributed by atoms with Gasteiger partial charge in [0.25, 0.3) is 0 Å². The molecule has 0 amide bonds. The van der Waals surface area contributed by atoms with E-state index in [4.69, 9.17) is 0 Å². The number of hydrogen-bond donors (Lipinski definition) is 0. The Labute approximate surface area is 86.9 Å². The van der Waals surface area contributed by atoms with Crippen LogP contribution in [-0.4, -0.2) is 9.97 Å². The minimum atomic E-state index is 0.456. The van der Waals surface area contributed by atoms with Crippen LogP contribution >= 0.6 is 15.9 Å². The minimum absolute atomic E-state index is 0.456. The first-order chi connectivity index (χ1) is 6.18. The Morgan fingerprint density at radius 2 is 2.15 bits per heavy atom. The second-order valence-electron chi connectivity index (χ2n) is 3.90. The van der Waals surface area contributed by atoms with Gasteiger partial charge in [0.1, 0.15) is 4.60 Å². The maximum absolute atomic E-state index is 4.49. The molecule has 0 aliphatic heterocycles. The minimum Gasteiger partial charge on any atom is -0.256 e. The molecule has 1 aliphatic carbocycles. The van der Waals surface area contributed by atoms with E-state index in [1.54, 1.807) is 0 Å². The molecule has 1 heterocycles. The molecule has 1 saturated carbocycles. The van der Waals surface area contributed by atoms with Crippen LogP contribution < -0.4 is 0 Å². The summed E-state index contributed by atoms with van der Waals surface area (Å²) in [7, 11) is 0. The topological polar surface area (TPSA) is 25.8 Å². The van der Waals surface area contributed by atoms with E-state index in [9.17, 15) is 0 Å². The summed E-state index contributed by atoms with van der Waals surface area (Å²) in [6.07, 6.45) is 4.45. The SMILES string of the molecule is CC(C)c1cnc(C2CC2)c(Br)n1. The molecule has 0 radical (unpaired) electrons. The third kappa shape index (κ3) is 1.90. The fourth-order valence-corrected chi connectivity index (χ4v) is 1.93. The third-order valence-electron chi connectivity index (χ3n) is 2.33. The van der Waals surface area contributed by atoms with Crippen molar-refractivity contribution in [2.75, 3.05) is 0 Å². The second kappa shape index (κ2) is 3.37. The van der Waals surface area contributed by atoms with Crippen molar-refractivity contribution in [2.45, 2.75) is 38.5 Å². The van der Waals surface area contributed by atoms with Crippen molar-refractivity contribution in [1.82, 2.24) is 9.97 Å². The molecule has 70 valence electrons. The van der Waals surface area contributed by atoms with Gasteiger partial charge in [0.2, 0.25) is 0 Å². The lowest BCUT2D eigenvalue weighted by Crippen LogP contribution is -1.98. The highest BCUT2D eigenvalue weighted by Crippen LogP contribution is 2.41. The number of aromatic nitrogens is 2. The molecule has 3 heteroatoms. The molecule has 1 aliphatic rings. The number of halogens is 1. The van der Waals surface area contributed by atoms with Crippen molar-refractivity contribution in [1.29, 1.82) is 0 Å². The highest BCUT2D eigenvalue weighted by Gasteiger charge is 2.27. The van der Waals surface area contributed by atoms with Crippen molar-refractivity contribution in [3.8, 4) is 0 Å². The first-order valence-electron chi connectivity index (χ1n) is 4.71. The molecule has 0 atom stereocenters. The van der Waals surface area contributed by atoms with Crippen LogP contribution in [0.4, 0.5) is 0 Å². The Morgan fingerprint density at radius 1 is 1.46 bits per heavy atom. The summed E-state index contributed by atoms with van der Waals surface area (Å²) in [6.45, 7) is 4.26. The van der Waals surface area contributed by atoms with Crippen molar-refractivity contribution in [3.63, 3.8) is 0 Å². The number of hydrogen-bond acceptors (Lipinski definition) is 2. The Kier molecular flexibility index (Phi) is 2.37. The highest BCUT2D eigenvalue weighted by atomic mass is 79.9. The molecule has 13 heavy (non-hydrogen) atoms. The van der Waals surface area contributed by atoms with Crippen LogP contribution in [-0.2, 0) is 0 Å². The quantitative estimate of drug-likeness (QED) is 0.794. The van der Waals surface area contributed by atoms with Gasteiger partial charge < -0.3 is 0 Å². The standard InChI is InChI=1S/C10H13BrN2/c1-6(2)8-5-12-9(7-3-4-7)10(11)13-8/h5-7H,3-4H2,1-2H3. The fraction of sp³-hybridized carbons (Fsp3) is 0.600. The van der Waals surface area contributed by atoms with Gasteiger partial charge in [-0.25, -0.2) is 4.98 Å². The van der Waals surface area contributed by atoms with E-state index in [-0.39, 0.29) is 0 Å². The van der Waals surface area contributed by atoms with E-state index in [1.807, 2.05) is 6.20 Å². The molecule has 0 bridgehead atoms. The molecule has 2 nitrogen and oxygen atoms in total. The van der Waals surface area contributed by atoms with Crippen LogP contribution in [0.25, 0.3) is 0 Å². The molecule has 0 N–H and O–H groups in total. The Morgan fingerprint density at radius 3 is 2.62 bits per heavy atom. The van der Waals surface area contributed by atoms with Gasteiger partial charge in [0.05, 0.1) is 11.4 Å². The largest absolute Gasteiger partial charge is 0.256 e. The first-order valence-corrected chi connectivity index (χ1v) is 5.50. The van der Waals surface area contributed by atoms with Crippen LogP contribution in [0.3, 0.4) is 0 Å². The van der Waals surface area contributed by atoms with Gasteiger partial charge in [-0.3, -0.25) is 4.98 Å². The van der Waals surface area contributed by atoms with Gasteiger partial charge in [-0.05, 0) is 34.7 Å². The predicted octanol–water partition coefficient (Wildman–Crippen LogP) is 3.24. The molecule has 1 aromatic heterocycles.